The van der Waals surface area contributed by atoms with Gasteiger partial charge in [-0.2, -0.15) is 0 Å². The lowest BCUT2D eigenvalue weighted by Gasteiger charge is -2.28. The Morgan fingerprint density at radius 2 is 2.03 bits per heavy atom. The quantitative estimate of drug-likeness (QED) is 0.672. The molecule has 8 nitrogen and oxygen atoms in total. The molecule has 1 aromatic carbocycles. The summed E-state index contributed by atoms with van der Waals surface area (Å²) in [7, 11) is 3.95. The Hall–Kier alpha value is -3.33. The van der Waals surface area contributed by atoms with Crippen LogP contribution in [0.15, 0.2) is 34.9 Å². The predicted molar refractivity (Wildman–Crippen MR) is 117 cm³/mol. The van der Waals surface area contributed by atoms with Crippen molar-refractivity contribution in [2.75, 3.05) is 32.5 Å². The van der Waals surface area contributed by atoms with Gasteiger partial charge in [-0.25, -0.2) is 14.4 Å². The van der Waals surface area contributed by atoms with E-state index in [1.54, 1.807) is 23.1 Å². The number of likely N-dealkylation sites (N-methyl/N-ethyl adjacent to an activating group) is 1. The number of rotatable bonds is 4. The number of aromatic nitrogens is 3. The van der Waals surface area contributed by atoms with Gasteiger partial charge in [0.05, 0.1) is 11.7 Å². The van der Waals surface area contributed by atoms with Crippen LogP contribution in [0.25, 0.3) is 11.3 Å². The minimum atomic E-state index is -0.328. The molecule has 0 saturated carbocycles. The molecule has 1 amide bonds. The maximum Gasteiger partial charge on any atom is 0.293 e. The molecule has 1 saturated heterocycles. The minimum Gasteiger partial charge on any atom is -0.373 e. The van der Waals surface area contributed by atoms with Crippen molar-refractivity contribution in [3.05, 3.63) is 59.0 Å². The third kappa shape index (κ3) is 3.73. The van der Waals surface area contributed by atoms with Gasteiger partial charge in [-0.15, -0.1) is 0 Å². The van der Waals surface area contributed by atoms with E-state index >= 15 is 0 Å². The van der Waals surface area contributed by atoms with Crippen LogP contribution in [-0.4, -0.2) is 58.0 Å². The van der Waals surface area contributed by atoms with E-state index in [-0.39, 0.29) is 23.5 Å². The first kappa shape index (κ1) is 20.6. The Kier molecular flexibility index (Phi) is 5.34. The molecule has 4 heterocycles. The lowest BCUT2D eigenvalue weighted by molar-refractivity contribution is 0.0687. The van der Waals surface area contributed by atoms with Crippen LogP contribution in [0.4, 0.5) is 10.2 Å². The van der Waals surface area contributed by atoms with Gasteiger partial charge in [0.1, 0.15) is 17.3 Å². The SMILES string of the molecule is CNc1nc([C@@H]2CCCN2C(=O)c2cc(-c3ccc(F)cc3)no2)nc2c1CCN(C)C2. The van der Waals surface area contributed by atoms with Crippen molar-refractivity contribution in [1.82, 2.24) is 24.9 Å². The summed E-state index contributed by atoms with van der Waals surface area (Å²) in [6.07, 6.45) is 2.56. The first-order chi connectivity index (χ1) is 15.5. The summed E-state index contributed by atoms with van der Waals surface area (Å²) in [5.41, 5.74) is 3.36. The fourth-order valence-corrected chi connectivity index (χ4v) is 4.49. The average molecular weight is 436 g/mol. The highest BCUT2D eigenvalue weighted by molar-refractivity contribution is 5.92. The summed E-state index contributed by atoms with van der Waals surface area (Å²) in [6.45, 7) is 2.34. The third-order valence-corrected chi connectivity index (χ3v) is 6.18. The van der Waals surface area contributed by atoms with Gasteiger partial charge < -0.3 is 19.6 Å². The molecule has 32 heavy (non-hydrogen) atoms. The zero-order valence-corrected chi connectivity index (χ0v) is 18.1. The molecule has 2 aliphatic rings. The summed E-state index contributed by atoms with van der Waals surface area (Å²) in [4.78, 5) is 26.9. The van der Waals surface area contributed by atoms with E-state index in [1.165, 1.54) is 12.1 Å². The summed E-state index contributed by atoms with van der Waals surface area (Å²) >= 11 is 0. The van der Waals surface area contributed by atoms with Crippen molar-refractivity contribution in [3.8, 4) is 11.3 Å². The van der Waals surface area contributed by atoms with E-state index in [4.69, 9.17) is 14.5 Å². The number of amides is 1. The number of hydrogen-bond acceptors (Lipinski definition) is 7. The van der Waals surface area contributed by atoms with Crippen LogP contribution in [0, 0.1) is 5.82 Å². The number of nitrogens with one attached hydrogen (secondary N) is 1. The van der Waals surface area contributed by atoms with Gasteiger partial charge in [-0.3, -0.25) is 4.79 Å². The molecule has 166 valence electrons. The fraction of sp³-hybridized carbons (Fsp3) is 0.391. The van der Waals surface area contributed by atoms with E-state index in [0.717, 1.165) is 49.4 Å². The second kappa shape index (κ2) is 8.31. The van der Waals surface area contributed by atoms with Crippen molar-refractivity contribution >= 4 is 11.7 Å². The Morgan fingerprint density at radius 1 is 1.22 bits per heavy atom. The Labute approximate surface area is 185 Å². The third-order valence-electron chi connectivity index (χ3n) is 6.18. The molecule has 0 spiro atoms. The van der Waals surface area contributed by atoms with Gasteiger partial charge in [0.25, 0.3) is 5.91 Å². The second-order valence-electron chi connectivity index (χ2n) is 8.33. The fourth-order valence-electron chi connectivity index (χ4n) is 4.49. The normalized spacial score (nSPS) is 18.6. The molecular formula is C23H25FN6O2. The van der Waals surface area contributed by atoms with Crippen LogP contribution >= 0.6 is 0 Å². The highest BCUT2D eigenvalue weighted by Gasteiger charge is 2.35. The van der Waals surface area contributed by atoms with Gasteiger partial charge in [0.2, 0.25) is 5.76 Å². The Morgan fingerprint density at radius 3 is 2.81 bits per heavy atom. The van der Waals surface area contributed by atoms with Crippen LogP contribution in [0.2, 0.25) is 0 Å². The molecule has 1 fully saturated rings. The lowest BCUT2D eigenvalue weighted by Crippen LogP contribution is -2.33. The molecular weight excluding hydrogens is 411 g/mol. The molecule has 0 bridgehead atoms. The molecule has 1 atom stereocenters. The van der Waals surface area contributed by atoms with E-state index in [1.807, 2.05) is 7.05 Å². The largest absolute Gasteiger partial charge is 0.373 e. The number of anilines is 1. The summed E-state index contributed by atoms with van der Waals surface area (Å²) in [5, 5.41) is 7.21. The molecule has 0 radical (unpaired) electrons. The highest BCUT2D eigenvalue weighted by Crippen LogP contribution is 2.34. The maximum atomic E-state index is 13.3. The van der Waals surface area contributed by atoms with E-state index in [0.29, 0.717) is 23.6 Å². The van der Waals surface area contributed by atoms with Crippen LogP contribution in [0.3, 0.4) is 0 Å². The number of hydrogen-bond donors (Lipinski definition) is 1. The first-order valence-electron chi connectivity index (χ1n) is 10.8. The number of fused-ring (bicyclic) bond motifs is 1. The smallest absolute Gasteiger partial charge is 0.293 e. The van der Waals surface area contributed by atoms with Gasteiger partial charge in [0.15, 0.2) is 5.82 Å². The van der Waals surface area contributed by atoms with E-state index < -0.39 is 0 Å². The highest BCUT2D eigenvalue weighted by atomic mass is 19.1. The van der Waals surface area contributed by atoms with Crippen molar-refractivity contribution < 1.29 is 13.7 Å². The number of carbonyl (C=O) groups is 1. The minimum absolute atomic E-state index is 0.155. The number of nitrogens with zero attached hydrogens (tertiary/aromatic N) is 5. The Bertz CT molecular complexity index is 1150. The number of benzene rings is 1. The molecule has 2 aliphatic heterocycles. The standard InChI is InChI=1S/C23H25FN6O2/c1-25-21-16-9-11-29(2)13-18(16)26-22(27-21)19-4-3-10-30(19)23(31)20-12-17(28-32-20)14-5-7-15(24)8-6-14/h5-8,12,19H,3-4,9-11,13H2,1-2H3,(H,25,26,27)/t19-/m0/s1. The predicted octanol–water partition coefficient (Wildman–Crippen LogP) is 3.28. The zero-order chi connectivity index (χ0) is 22.2. The average Bonchev–Trinajstić information content (AvgIpc) is 3.48. The second-order valence-corrected chi connectivity index (χ2v) is 8.33. The molecule has 0 aliphatic carbocycles. The van der Waals surface area contributed by atoms with Crippen molar-refractivity contribution in [1.29, 1.82) is 0 Å². The van der Waals surface area contributed by atoms with Gasteiger partial charge in [-0.1, -0.05) is 5.16 Å². The van der Waals surface area contributed by atoms with Crippen LogP contribution in [0.5, 0.6) is 0 Å². The van der Waals surface area contributed by atoms with Gasteiger partial charge in [-0.05, 0) is 50.6 Å². The molecule has 2 aromatic heterocycles. The summed E-state index contributed by atoms with van der Waals surface area (Å²) in [5.74, 6) is 1.09. The van der Waals surface area contributed by atoms with Crippen molar-refractivity contribution in [3.63, 3.8) is 0 Å². The monoisotopic (exact) mass is 436 g/mol. The van der Waals surface area contributed by atoms with Crippen LogP contribution in [0.1, 0.15) is 46.5 Å². The zero-order valence-electron chi connectivity index (χ0n) is 18.1. The Balaban J connectivity index is 1.42. The first-order valence-corrected chi connectivity index (χ1v) is 10.8. The topological polar surface area (TPSA) is 87.4 Å². The van der Waals surface area contributed by atoms with Crippen molar-refractivity contribution in [2.45, 2.75) is 31.8 Å². The summed E-state index contributed by atoms with van der Waals surface area (Å²) < 4.78 is 18.6. The summed E-state index contributed by atoms with van der Waals surface area (Å²) in [6, 6.07) is 7.31. The molecule has 9 heteroatoms. The molecule has 1 N–H and O–H groups in total. The van der Waals surface area contributed by atoms with Crippen molar-refractivity contribution in [2.24, 2.45) is 0 Å². The molecule has 3 aromatic rings. The van der Waals surface area contributed by atoms with Gasteiger partial charge >= 0.3 is 0 Å². The number of halogens is 1. The molecule has 5 rings (SSSR count). The lowest BCUT2D eigenvalue weighted by atomic mass is 10.0. The van der Waals surface area contributed by atoms with E-state index in [2.05, 4.69) is 22.4 Å². The molecule has 0 unspecified atom stereocenters. The number of likely N-dealkylation sites (tertiary alicyclic amines) is 1. The van der Waals surface area contributed by atoms with Crippen LogP contribution in [-0.2, 0) is 13.0 Å². The van der Waals surface area contributed by atoms with Gasteiger partial charge in [0, 0.05) is 43.9 Å². The number of carbonyl (C=O) groups excluding carboxylic acids is 1. The maximum absolute atomic E-state index is 13.3. The van der Waals surface area contributed by atoms with Crippen LogP contribution < -0.4 is 5.32 Å². The van der Waals surface area contributed by atoms with E-state index in [9.17, 15) is 9.18 Å².